The van der Waals surface area contributed by atoms with Crippen molar-refractivity contribution in [2.24, 2.45) is 5.14 Å². The number of hydrogen-bond donors (Lipinski definition) is 3. The molecule has 0 saturated carbocycles. The molecule has 0 aliphatic heterocycles. The normalized spacial score (nSPS) is 12.0. The SMILES string of the molecule is CC(C)(C)c1cc(NC(=O)Nc2ccc(S(N)(=O)=O)cc2)no1. The van der Waals surface area contributed by atoms with Gasteiger partial charge >= 0.3 is 6.03 Å². The van der Waals surface area contributed by atoms with Gasteiger partial charge in [0.15, 0.2) is 5.82 Å². The molecular weight excluding hydrogens is 320 g/mol. The number of carbonyl (C=O) groups is 1. The summed E-state index contributed by atoms with van der Waals surface area (Å²) < 4.78 is 27.5. The van der Waals surface area contributed by atoms with E-state index in [0.717, 1.165) is 0 Å². The lowest BCUT2D eigenvalue weighted by molar-refractivity contribution is 0.262. The monoisotopic (exact) mass is 338 g/mol. The highest BCUT2D eigenvalue weighted by Crippen LogP contribution is 2.24. The third-order valence-electron chi connectivity index (χ3n) is 2.93. The summed E-state index contributed by atoms with van der Waals surface area (Å²) in [5.74, 6) is 0.930. The average Bonchev–Trinajstić information content (AvgIpc) is 2.86. The van der Waals surface area contributed by atoms with E-state index in [1.165, 1.54) is 24.3 Å². The maximum atomic E-state index is 11.9. The highest BCUT2D eigenvalue weighted by Gasteiger charge is 2.20. The number of amides is 2. The van der Waals surface area contributed by atoms with Crippen LogP contribution in [0.1, 0.15) is 26.5 Å². The van der Waals surface area contributed by atoms with Crippen molar-refractivity contribution in [3.05, 3.63) is 36.1 Å². The van der Waals surface area contributed by atoms with E-state index in [9.17, 15) is 13.2 Å². The highest BCUT2D eigenvalue weighted by atomic mass is 32.2. The zero-order valence-electron chi connectivity index (χ0n) is 13.0. The van der Waals surface area contributed by atoms with Crippen molar-refractivity contribution in [3.63, 3.8) is 0 Å². The van der Waals surface area contributed by atoms with Crippen LogP contribution in [0.5, 0.6) is 0 Å². The predicted octanol–water partition coefficient (Wildman–Crippen LogP) is 2.26. The molecule has 124 valence electrons. The van der Waals surface area contributed by atoms with Crippen molar-refractivity contribution in [2.75, 3.05) is 10.6 Å². The molecule has 8 nitrogen and oxygen atoms in total. The van der Waals surface area contributed by atoms with Gasteiger partial charge < -0.3 is 9.84 Å². The van der Waals surface area contributed by atoms with Crippen molar-refractivity contribution < 1.29 is 17.7 Å². The van der Waals surface area contributed by atoms with Gasteiger partial charge in [-0.25, -0.2) is 18.4 Å². The number of anilines is 2. The third kappa shape index (κ3) is 4.54. The molecule has 0 saturated heterocycles. The summed E-state index contributed by atoms with van der Waals surface area (Å²) in [7, 11) is -3.76. The number of carbonyl (C=O) groups excluding carboxylic acids is 1. The minimum absolute atomic E-state index is 0.0326. The van der Waals surface area contributed by atoms with Crippen molar-refractivity contribution in [1.29, 1.82) is 0 Å². The van der Waals surface area contributed by atoms with Gasteiger partial charge in [0.2, 0.25) is 10.0 Å². The number of benzene rings is 1. The summed E-state index contributed by atoms with van der Waals surface area (Å²) in [5.41, 5.74) is 0.196. The van der Waals surface area contributed by atoms with Crippen LogP contribution in [0.25, 0.3) is 0 Å². The van der Waals surface area contributed by atoms with E-state index in [1.54, 1.807) is 6.07 Å². The molecule has 1 heterocycles. The van der Waals surface area contributed by atoms with Gasteiger partial charge in [0.25, 0.3) is 0 Å². The summed E-state index contributed by atoms with van der Waals surface area (Å²) in [4.78, 5) is 11.8. The topological polar surface area (TPSA) is 127 Å². The second-order valence-corrected chi connectivity index (χ2v) is 7.54. The van der Waals surface area contributed by atoms with E-state index in [2.05, 4.69) is 15.8 Å². The first-order chi connectivity index (χ1) is 10.6. The maximum absolute atomic E-state index is 11.9. The Bertz CT molecular complexity index is 804. The Morgan fingerprint density at radius 3 is 2.26 bits per heavy atom. The van der Waals surface area contributed by atoms with Crippen molar-refractivity contribution in [2.45, 2.75) is 31.1 Å². The predicted molar refractivity (Wildman–Crippen MR) is 85.7 cm³/mol. The Hall–Kier alpha value is -2.39. The highest BCUT2D eigenvalue weighted by molar-refractivity contribution is 7.89. The Morgan fingerprint density at radius 1 is 1.17 bits per heavy atom. The van der Waals surface area contributed by atoms with Crippen LogP contribution >= 0.6 is 0 Å². The molecule has 0 fully saturated rings. The van der Waals surface area contributed by atoms with Crippen LogP contribution < -0.4 is 15.8 Å². The molecule has 0 unspecified atom stereocenters. The first-order valence-electron chi connectivity index (χ1n) is 6.74. The molecule has 2 aromatic rings. The number of primary sulfonamides is 1. The lowest BCUT2D eigenvalue weighted by Crippen LogP contribution is -2.19. The molecule has 1 aromatic heterocycles. The number of aromatic nitrogens is 1. The van der Waals surface area contributed by atoms with E-state index in [-0.39, 0.29) is 16.1 Å². The molecule has 0 bridgehead atoms. The average molecular weight is 338 g/mol. The van der Waals surface area contributed by atoms with Crippen LogP contribution in [-0.2, 0) is 15.4 Å². The quantitative estimate of drug-likeness (QED) is 0.791. The molecule has 4 N–H and O–H groups in total. The van der Waals surface area contributed by atoms with E-state index < -0.39 is 16.1 Å². The lowest BCUT2D eigenvalue weighted by atomic mass is 9.93. The van der Waals surface area contributed by atoms with E-state index >= 15 is 0 Å². The van der Waals surface area contributed by atoms with Crippen LogP contribution in [0.4, 0.5) is 16.3 Å². The van der Waals surface area contributed by atoms with E-state index in [4.69, 9.17) is 9.66 Å². The summed E-state index contributed by atoms with van der Waals surface area (Å²) in [6, 6.07) is 6.59. The van der Waals surface area contributed by atoms with Gasteiger partial charge in [0.1, 0.15) is 5.76 Å². The standard InChI is InChI=1S/C14H18N4O4S/c1-14(2,3)11-8-12(18-22-11)17-13(19)16-9-4-6-10(7-5-9)23(15,20)21/h4-8H,1-3H3,(H2,15,20,21)(H2,16,17,18,19). The number of nitrogens with one attached hydrogen (secondary N) is 2. The molecule has 0 radical (unpaired) electrons. The Kier molecular flexibility index (Phi) is 4.44. The van der Waals surface area contributed by atoms with Crippen molar-refractivity contribution in [1.82, 2.24) is 5.16 Å². The second kappa shape index (κ2) is 6.01. The molecular formula is C14H18N4O4S. The minimum atomic E-state index is -3.76. The smallest absolute Gasteiger partial charge is 0.324 e. The maximum Gasteiger partial charge on any atom is 0.324 e. The van der Waals surface area contributed by atoms with Gasteiger partial charge in [-0.2, -0.15) is 0 Å². The largest absolute Gasteiger partial charge is 0.359 e. The van der Waals surface area contributed by atoms with Crippen molar-refractivity contribution >= 4 is 27.6 Å². The fraction of sp³-hybridized carbons (Fsp3) is 0.286. The number of urea groups is 1. The fourth-order valence-corrected chi connectivity index (χ4v) is 2.21. The number of sulfonamides is 1. The number of rotatable bonds is 3. The summed E-state index contributed by atoms with van der Waals surface area (Å²) in [5, 5.41) is 13.8. The molecule has 0 aliphatic rings. The molecule has 0 atom stereocenters. The summed E-state index contributed by atoms with van der Waals surface area (Å²) in [6.07, 6.45) is 0. The molecule has 1 aromatic carbocycles. The van der Waals surface area contributed by atoms with Gasteiger partial charge in [-0.15, -0.1) is 0 Å². The van der Waals surface area contributed by atoms with Crippen LogP contribution in [0, 0.1) is 0 Å². The number of hydrogen-bond acceptors (Lipinski definition) is 5. The van der Waals surface area contributed by atoms with E-state index in [1.807, 2.05) is 20.8 Å². The first kappa shape index (κ1) is 17.0. The summed E-state index contributed by atoms with van der Waals surface area (Å²) in [6.45, 7) is 5.89. The van der Waals surface area contributed by atoms with Gasteiger partial charge in [-0.05, 0) is 24.3 Å². The van der Waals surface area contributed by atoms with Crippen LogP contribution in [0.2, 0.25) is 0 Å². The molecule has 9 heteroatoms. The Labute approximate surface area is 134 Å². The number of nitrogens with zero attached hydrogens (tertiary/aromatic N) is 1. The van der Waals surface area contributed by atoms with Crippen LogP contribution in [-0.4, -0.2) is 19.6 Å². The Morgan fingerprint density at radius 2 is 1.78 bits per heavy atom. The molecule has 0 aliphatic carbocycles. The van der Waals surface area contributed by atoms with Gasteiger partial charge in [0, 0.05) is 17.2 Å². The van der Waals surface area contributed by atoms with Gasteiger partial charge in [-0.1, -0.05) is 25.9 Å². The lowest BCUT2D eigenvalue weighted by Gasteiger charge is -2.12. The fourth-order valence-electron chi connectivity index (χ4n) is 1.69. The summed E-state index contributed by atoms with van der Waals surface area (Å²) >= 11 is 0. The van der Waals surface area contributed by atoms with Gasteiger partial charge in [0.05, 0.1) is 4.90 Å². The van der Waals surface area contributed by atoms with Crippen molar-refractivity contribution in [3.8, 4) is 0 Å². The van der Waals surface area contributed by atoms with Crippen LogP contribution in [0.3, 0.4) is 0 Å². The van der Waals surface area contributed by atoms with Gasteiger partial charge in [-0.3, -0.25) is 5.32 Å². The molecule has 2 rings (SSSR count). The van der Waals surface area contributed by atoms with E-state index in [0.29, 0.717) is 11.4 Å². The number of nitrogens with two attached hydrogens (primary N) is 1. The zero-order chi connectivity index (χ0) is 17.3. The molecule has 2 amide bonds. The Balaban J connectivity index is 2.01. The first-order valence-corrected chi connectivity index (χ1v) is 8.28. The second-order valence-electron chi connectivity index (χ2n) is 5.97. The van der Waals surface area contributed by atoms with Crippen LogP contribution in [0.15, 0.2) is 39.8 Å². The minimum Gasteiger partial charge on any atom is -0.359 e. The third-order valence-corrected chi connectivity index (χ3v) is 3.86. The molecule has 23 heavy (non-hydrogen) atoms. The molecule has 0 spiro atoms. The zero-order valence-corrected chi connectivity index (χ0v) is 13.8.